The van der Waals surface area contributed by atoms with Gasteiger partial charge in [-0.1, -0.05) is 53.9 Å². The molecule has 0 aromatic heterocycles. The summed E-state index contributed by atoms with van der Waals surface area (Å²) < 4.78 is 0. The number of hydrogen-bond donors (Lipinski definition) is 1. The van der Waals surface area contributed by atoms with E-state index in [0.717, 1.165) is 54.3 Å². The largest absolute Gasteiger partial charge is 0.393 e. The molecule has 0 amide bonds. The zero-order valence-corrected chi connectivity index (χ0v) is 19.6. The van der Waals surface area contributed by atoms with Crippen LogP contribution >= 0.6 is 0 Å². The van der Waals surface area contributed by atoms with E-state index in [0.29, 0.717) is 10.8 Å². The maximum Gasteiger partial charge on any atom is 0.0543 e. The molecule has 0 radical (unpaired) electrons. The quantitative estimate of drug-likeness (QED) is 0.518. The molecule has 28 heavy (non-hydrogen) atoms. The van der Waals surface area contributed by atoms with Crippen molar-refractivity contribution >= 4 is 0 Å². The first-order valence-corrected chi connectivity index (χ1v) is 12.9. The second kappa shape index (κ2) is 7.90. The lowest BCUT2D eigenvalue weighted by Gasteiger charge is -2.61. The highest BCUT2D eigenvalue weighted by Gasteiger charge is 2.60. The van der Waals surface area contributed by atoms with Gasteiger partial charge in [0.15, 0.2) is 0 Å². The monoisotopic (exact) mass is 388 g/mol. The predicted molar refractivity (Wildman–Crippen MR) is 119 cm³/mol. The van der Waals surface area contributed by atoms with E-state index >= 15 is 0 Å². The molecule has 0 saturated heterocycles. The summed E-state index contributed by atoms with van der Waals surface area (Å²) in [6.07, 6.45) is 16.6. The second-order valence-corrected chi connectivity index (χ2v) is 12.6. The average molecular weight is 389 g/mol. The van der Waals surface area contributed by atoms with Gasteiger partial charge < -0.3 is 5.11 Å². The van der Waals surface area contributed by atoms with E-state index in [1.165, 1.54) is 64.2 Å². The molecule has 1 heteroatoms. The first kappa shape index (κ1) is 21.2. The van der Waals surface area contributed by atoms with Gasteiger partial charge in [-0.25, -0.2) is 0 Å². The Morgan fingerprint density at radius 3 is 2.29 bits per heavy atom. The van der Waals surface area contributed by atoms with Crippen LogP contribution in [0.1, 0.15) is 112 Å². The van der Waals surface area contributed by atoms with E-state index in [2.05, 4.69) is 34.6 Å². The second-order valence-electron chi connectivity index (χ2n) is 12.6. The number of hydrogen-bond acceptors (Lipinski definition) is 1. The third kappa shape index (κ3) is 3.50. The third-order valence-electron chi connectivity index (χ3n) is 10.8. The van der Waals surface area contributed by atoms with Crippen molar-refractivity contribution < 1.29 is 5.11 Å². The fourth-order valence-corrected chi connectivity index (χ4v) is 9.26. The maximum absolute atomic E-state index is 10.3. The van der Waals surface area contributed by atoms with Gasteiger partial charge >= 0.3 is 0 Å². The molecule has 4 rings (SSSR count). The Morgan fingerprint density at radius 2 is 1.54 bits per heavy atom. The Balaban J connectivity index is 1.46. The highest BCUT2D eigenvalue weighted by Crippen LogP contribution is 2.68. The average Bonchev–Trinajstić information content (AvgIpc) is 2.99. The fourth-order valence-electron chi connectivity index (χ4n) is 9.26. The summed E-state index contributed by atoms with van der Waals surface area (Å²) in [5.41, 5.74) is 1.15. The number of aliphatic hydroxyl groups is 1. The van der Waals surface area contributed by atoms with Crippen LogP contribution in [0.15, 0.2) is 0 Å². The van der Waals surface area contributed by atoms with Gasteiger partial charge in [0.1, 0.15) is 0 Å². The van der Waals surface area contributed by atoms with Gasteiger partial charge in [-0.15, -0.1) is 0 Å². The van der Waals surface area contributed by atoms with Crippen molar-refractivity contribution in [2.75, 3.05) is 0 Å². The normalized spacial score (nSPS) is 49.4. The molecule has 0 aromatic carbocycles. The van der Waals surface area contributed by atoms with Crippen LogP contribution in [0.2, 0.25) is 0 Å². The Bertz CT molecular complexity index is 540. The summed E-state index contributed by atoms with van der Waals surface area (Å²) in [6.45, 7) is 12.7. The molecular weight excluding hydrogens is 340 g/mol. The Hall–Kier alpha value is -0.0400. The number of aliphatic hydroxyl groups excluding tert-OH is 1. The Morgan fingerprint density at radius 1 is 0.821 bits per heavy atom. The fraction of sp³-hybridized carbons (Fsp3) is 1.00. The molecule has 4 aliphatic carbocycles. The van der Waals surface area contributed by atoms with Gasteiger partial charge in [0.25, 0.3) is 0 Å². The van der Waals surface area contributed by atoms with Crippen LogP contribution in [0.5, 0.6) is 0 Å². The molecule has 0 aliphatic heterocycles. The summed E-state index contributed by atoms with van der Waals surface area (Å²) in [6, 6.07) is 0. The topological polar surface area (TPSA) is 20.2 Å². The van der Waals surface area contributed by atoms with Gasteiger partial charge in [-0.3, -0.25) is 0 Å². The lowest BCUT2D eigenvalue weighted by atomic mass is 9.44. The summed E-state index contributed by atoms with van der Waals surface area (Å²) >= 11 is 0. The smallest absolute Gasteiger partial charge is 0.0543 e. The molecule has 0 unspecified atom stereocenters. The molecule has 0 heterocycles. The van der Waals surface area contributed by atoms with Crippen molar-refractivity contribution in [2.24, 2.45) is 52.3 Å². The van der Waals surface area contributed by atoms with Crippen molar-refractivity contribution in [3.05, 3.63) is 0 Å². The number of rotatable bonds is 5. The Labute approximate surface area is 175 Å². The minimum atomic E-state index is -0.00830. The van der Waals surface area contributed by atoms with Gasteiger partial charge in [-0.2, -0.15) is 0 Å². The molecule has 0 aromatic rings. The molecule has 1 nitrogen and oxygen atoms in total. The van der Waals surface area contributed by atoms with Crippen molar-refractivity contribution in [1.82, 2.24) is 0 Å². The molecule has 4 saturated carbocycles. The van der Waals surface area contributed by atoms with Crippen LogP contribution in [0, 0.1) is 52.3 Å². The highest BCUT2D eigenvalue weighted by molar-refractivity contribution is 5.09. The van der Waals surface area contributed by atoms with Gasteiger partial charge in [0, 0.05) is 0 Å². The molecule has 9 atom stereocenters. The first-order valence-electron chi connectivity index (χ1n) is 12.9. The standard InChI is InChI=1S/C27H48O/c1-18(2)7-6-8-19(3)23-11-12-24-22-10-9-20-17-21(28)13-15-26(20,4)25(22)14-16-27(23,24)5/h18-25,28H,6-17H2,1-5H3/t19-,20+,21+,22-,23-,24-,25+,26+,27-/m1/s1. The minimum absolute atomic E-state index is 0.00830. The van der Waals surface area contributed by atoms with E-state index in [1.807, 2.05) is 0 Å². The minimum Gasteiger partial charge on any atom is -0.393 e. The van der Waals surface area contributed by atoms with Crippen LogP contribution in [0.4, 0.5) is 0 Å². The van der Waals surface area contributed by atoms with Crippen molar-refractivity contribution in [1.29, 1.82) is 0 Å². The summed E-state index contributed by atoms with van der Waals surface area (Å²) in [4.78, 5) is 0. The molecule has 4 fully saturated rings. The van der Waals surface area contributed by atoms with Crippen molar-refractivity contribution in [3.63, 3.8) is 0 Å². The first-order chi connectivity index (χ1) is 13.3. The molecule has 1 N–H and O–H groups in total. The lowest BCUT2D eigenvalue weighted by Crippen LogP contribution is -2.54. The summed E-state index contributed by atoms with van der Waals surface area (Å²) in [5.74, 6) is 6.49. The van der Waals surface area contributed by atoms with Gasteiger partial charge in [-0.05, 0) is 110 Å². The van der Waals surface area contributed by atoms with Crippen LogP contribution in [-0.4, -0.2) is 11.2 Å². The van der Waals surface area contributed by atoms with E-state index in [4.69, 9.17) is 0 Å². The maximum atomic E-state index is 10.3. The zero-order valence-electron chi connectivity index (χ0n) is 19.6. The zero-order chi connectivity index (χ0) is 20.1. The molecule has 162 valence electrons. The van der Waals surface area contributed by atoms with Gasteiger partial charge in [0.05, 0.1) is 6.10 Å². The molecule has 4 aliphatic rings. The van der Waals surface area contributed by atoms with E-state index < -0.39 is 0 Å². The van der Waals surface area contributed by atoms with Crippen LogP contribution in [0.3, 0.4) is 0 Å². The third-order valence-corrected chi connectivity index (χ3v) is 10.8. The van der Waals surface area contributed by atoms with Crippen LogP contribution in [-0.2, 0) is 0 Å². The summed E-state index contributed by atoms with van der Waals surface area (Å²) in [7, 11) is 0. The molecule has 0 spiro atoms. The van der Waals surface area contributed by atoms with E-state index in [1.54, 1.807) is 0 Å². The highest BCUT2D eigenvalue weighted by atomic mass is 16.3. The van der Waals surface area contributed by atoms with Gasteiger partial charge in [0.2, 0.25) is 0 Å². The molecular formula is C27H48O. The number of fused-ring (bicyclic) bond motifs is 5. The Kier molecular flexibility index (Phi) is 5.98. The van der Waals surface area contributed by atoms with E-state index in [-0.39, 0.29) is 6.10 Å². The molecule has 0 bridgehead atoms. The van der Waals surface area contributed by atoms with Crippen molar-refractivity contribution in [3.8, 4) is 0 Å². The lowest BCUT2D eigenvalue weighted by molar-refractivity contribution is -0.129. The van der Waals surface area contributed by atoms with Crippen LogP contribution in [0.25, 0.3) is 0 Å². The SMILES string of the molecule is CC(C)CCC[C@@H](C)[C@H]1CC[C@@H]2[C@H]3CC[C@H]4C[C@@H](O)CC[C@]4(C)[C@H]3CC[C@@]21C. The van der Waals surface area contributed by atoms with E-state index in [9.17, 15) is 5.11 Å². The predicted octanol–water partition coefficient (Wildman–Crippen LogP) is 7.47. The van der Waals surface area contributed by atoms with Crippen molar-refractivity contribution in [2.45, 2.75) is 118 Å². The summed E-state index contributed by atoms with van der Waals surface area (Å²) in [5, 5.41) is 10.3. The van der Waals surface area contributed by atoms with Crippen LogP contribution < -0.4 is 0 Å².